The smallest absolute Gasteiger partial charge is 0.132 e. The Bertz CT molecular complexity index is 4040. The lowest BCUT2D eigenvalue weighted by molar-refractivity contribution is 0.433. The van der Waals surface area contributed by atoms with Crippen molar-refractivity contribution in [2.24, 2.45) is 0 Å². The number of hydrogen-bond donors (Lipinski definition) is 0. The maximum Gasteiger partial charge on any atom is 0.132 e. The molecule has 384 valence electrons. The summed E-state index contributed by atoms with van der Waals surface area (Å²) in [6, 6.07) is 77.6. The van der Waals surface area contributed by atoms with E-state index >= 15 is 0 Å². The number of fused-ring (bicyclic) bond motifs is 20. The lowest BCUT2D eigenvalue weighted by Crippen LogP contribution is -2.33. The van der Waals surface area contributed by atoms with Crippen molar-refractivity contribution in [2.45, 2.75) is 116 Å². The van der Waals surface area contributed by atoms with Gasteiger partial charge in [-0.05, 0) is 171 Å². The van der Waals surface area contributed by atoms with E-state index in [0.717, 1.165) is 28.6 Å². The van der Waals surface area contributed by atoms with E-state index < -0.39 is 10.8 Å². The van der Waals surface area contributed by atoms with Gasteiger partial charge in [-0.1, -0.05) is 229 Å². The zero-order chi connectivity index (χ0) is 54.1. The van der Waals surface area contributed by atoms with Crippen LogP contribution in [0.2, 0.25) is 0 Å². The summed E-state index contributed by atoms with van der Waals surface area (Å²) < 4.78 is 7.10. The summed E-state index contributed by atoms with van der Waals surface area (Å²) >= 11 is 0. The minimum absolute atomic E-state index is 0.0474. The number of anilines is 3. The average Bonchev–Trinajstić information content (AvgIpc) is 2.78. The monoisotopic (exact) mass is 1010 g/mol. The zero-order valence-corrected chi connectivity index (χ0v) is 47.4. The number of rotatable bonds is 3. The standard InChI is InChI=1S/C76H69NO/c1-71(2,3)47-28-34-56-57-35-29-48(72(4,5)6)41-63(57)75(62(56)40-47)60-25-17-15-23-54(60)58-36-32-51(44-64(58)75)77(68-27-19-21-46-20-13-14-22-53(46)68)52-33-37-59-55-24-16-18-26-61(55)76(65(59)45-52)66-42-49(73(7,8)9)30-38-69(66)78-70-39-31-50(43-67(70)76)74(10,11)12/h13-45H,1-12H3. The van der Waals surface area contributed by atoms with E-state index in [1.54, 1.807) is 0 Å². The minimum Gasteiger partial charge on any atom is -0.457 e. The van der Waals surface area contributed by atoms with Crippen molar-refractivity contribution in [3.63, 3.8) is 0 Å². The van der Waals surface area contributed by atoms with Gasteiger partial charge in [-0.2, -0.15) is 0 Å². The summed E-state index contributed by atoms with van der Waals surface area (Å²) in [6.07, 6.45) is 0. The van der Waals surface area contributed by atoms with Gasteiger partial charge in [-0.15, -0.1) is 0 Å². The Kier molecular flexibility index (Phi) is 10.1. The molecule has 0 radical (unpaired) electrons. The molecular formula is C76H69NO. The first-order valence-electron chi connectivity index (χ1n) is 28.2. The van der Waals surface area contributed by atoms with Gasteiger partial charge in [-0.25, -0.2) is 0 Å². The summed E-state index contributed by atoms with van der Waals surface area (Å²) in [4.78, 5) is 2.57. The molecule has 0 N–H and O–H groups in total. The molecule has 0 atom stereocenters. The molecule has 0 saturated heterocycles. The number of ether oxygens (including phenoxy) is 1. The molecule has 1 aliphatic heterocycles. The Morgan fingerprint density at radius 2 is 0.641 bits per heavy atom. The zero-order valence-electron chi connectivity index (χ0n) is 47.4. The summed E-state index contributed by atoms with van der Waals surface area (Å²) in [6.45, 7) is 28.0. The Balaban J connectivity index is 1.08. The SMILES string of the molecule is CC(C)(C)c1ccc2c(c1)C1(c3cc(C(C)(C)C)ccc3O2)c2ccccc2-c2ccc(N(c3ccc4c(c3)C3(c5ccccc5-4)c4cc(C(C)(C)C)ccc4-c4ccc(C(C)(C)C)cc43)c3cccc4ccccc34)cc21. The Hall–Kier alpha value is -7.94. The second kappa shape index (κ2) is 16.3. The third-order valence-corrected chi connectivity index (χ3v) is 18.2. The fraction of sp³-hybridized carbons (Fsp3) is 0.237. The van der Waals surface area contributed by atoms with Gasteiger partial charge in [0.05, 0.1) is 16.5 Å². The van der Waals surface area contributed by atoms with E-state index in [4.69, 9.17) is 4.74 Å². The molecule has 10 aromatic carbocycles. The van der Waals surface area contributed by atoms with Gasteiger partial charge in [0.2, 0.25) is 0 Å². The molecule has 2 nitrogen and oxygen atoms in total. The normalized spacial score (nSPS) is 15.0. The molecule has 0 amide bonds. The summed E-state index contributed by atoms with van der Waals surface area (Å²) in [5, 5.41) is 2.40. The van der Waals surface area contributed by atoms with Crippen LogP contribution < -0.4 is 9.64 Å². The maximum absolute atomic E-state index is 7.10. The van der Waals surface area contributed by atoms with E-state index in [1.807, 2.05) is 0 Å². The van der Waals surface area contributed by atoms with Crippen LogP contribution in [0.15, 0.2) is 200 Å². The highest BCUT2D eigenvalue weighted by Crippen LogP contribution is 2.66. The van der Waals surface area contributed by atoms with Gasteiger partial charge in [0.15, 0.2) is 0 Å². The van der Waals surface area contributed by atoms with Gasteiger partial charge >= 0.3 is 0 Å². The van der Waals surface area contributed by atoms with Crippen molar-refractivity contribution in [1.82, 2.24) is 0 Å². The van der Waals surface area contributed by atoms with Crippen molar-refractivity contribution in [3.05, 3.63) is 267 Å². The highest BCUT2D eigenvalue weighted by Gasteiger charge is 2.54. The first kappa shape index (κ1) is 48.4. The predicted octanol–water partition coefficient (Wildman–Crippen LogP) is 20.3. The molecule has 4 aliphatic rings. The average molecular weight is 1010 g/mol. The van der Waals surface area contributed by atoms with Gasteiger partial charge in [0.1, 0.15) is 11.5 Å². The highest BCUT2D eigenvalue weighted by atomic mass is 16.5. The third-order valence-electron chi connectivity index (χ3n) is 18.2. The number of nitrogens with zero attached hydrogens (tertiary/aromatic N) is 1. The van der Waals surface area contributed by atoms with Crippen molar-refractivity contribution in [1.29, 1.82) is 0 Å². The Morgan fingerprint density at radius 1 is 0.295 bits per heavy atom. The summed E-state index contributed by atoms with van der Waals surface area (Å²) in [7, 11) is 0. The van der Waals surface area contributed by atoms with Crippen LogP contribution in [-0.4, -0.2) is 0 Å². The van der Waals surface area contributed by atoms with Crippen LogP contribution in [-0.2, 0) is 32.5 Å². The first-order chi connectivity index (χ1) is 37.2. The molecular weight excluding hydrogens is 943 g/mol. The quantitative estimate of drug-likeness (QED) is 0.175. The van der Waals surface area contributed by atoms with Crippen LogP contribution in [0.5, 0.6) is 11.5 Å². The van der Waals surface area contributed by atoms with Crippen molar-refractivity contribution < 1.29 is 4.74 Å². The molecule has 14 rings (SSSR count). The molecule has 3 aliphatic carbocycles. The molecule has 0 fully saturated rings. The van der Waals surface area contributed by atoms with Crippen LogP contribution in [0.4, 0.5) is 17.1 Å². The predicted molar refractivity (Wildman–Crippen MR) is 327 cm³/mol. The Labute approximate surface area is 462 Å². The second-order valence-corrected chi connectivity index (χ2v) is 26.9. The minimum atomic E-state index is -0.686. The third kappa shape index (κ3) is 6.74. The molecule has 10 aromatic rings. The largest absolute Gasteiger partial charge is 0.457 e. The molecule has 0 aromatic heterocycles. The molecule has 0 saturated carbocycles. The van der Waals surface area contributed by atoms with Gasteiger partial charge in [0.25, 0.3) is 0 Å². The fourth-order valence-corrected chi connectivity index (χ4v) is 14.1. The van der Waals surface area contributed by atoms with E-state index in [0.29, 0.717) is 0 Å². The van der Waals surface area contributed by atoms with E-state index in [2.05, 4.69) is 288 Å². The summed E-state index contributed by atoms with van der Waals surface area (Å²) in [5.74, 6) is 1.81. The van der Waals surface area contributed by atoms with Crippen LogP contribution in [0.25, 0.3) is 44.2 Å². The maximum atomic E-state index is 7.10. The highest BCUT2D eigenvalue weighted by molar-refractivity contribution is 6.02. The second-order valence-electron chi connectivity index (χ2n) is 26.9. The van der Waals surface area contributed by atoms with Crippen molar-refractivity contribution in [3.8, 4) is 44.9 Å². The topological polar surface area (TPSA) is 12.5 Å². The van der Waals surface area contributed by atoms with Gasteiger partial charge < -0.3 is 9.64 Å². The van der Waals surface area contributed by atoms with Crippen molar-refractivity contribution in [2.75, 3.05) is 4.90 Å². The van der Waals surface area contributed by atoms with E-state index in [9.17, 15) is 0 Å². The fourth-order valence-electron chi connectivity index (χ4n) is 14.1. The lowest BCUT2D eigenvalue weighted by atomic mass is 9.64. The number of hydrogen-bond acceptors (Lipinski definition) is 2. The van der Waals surface area contributed by atoms with E-state index in [-0.39, 0.29) is 21.7 Å². The molecule has 78 heavy (non-hydrogen) atoms. The van der Waals surface area contributed by atoms with E-state index in [1.165, 1.54) is 111 Å². The van der Waals surface area contributed by atoms with Crippen LogP contribution in [0.3, 0.4) is 0 Å². The number of benzene rings is 10. The lowest BCUT2D eigenvalue weighted by Gasteiger charge is -2.41. The molecule has 0 bridgehead atoms. The van der Waals surface area contributed by atoms with Gasteiger partial charge in [-0.3, -0.25) is 0 Å². The van der Waals surface area contributed by atoms with Crippen LogP contribution >= 0.6 is 0 Å². The molecule has 2 spiro atoms. The Morgan fingerprint density at radius 3 is 1.10 bits per heavy atom. The van der Waals surface area contributed by atoms with Crippen molar-refractivity contribution >= 4 is 27.8 Å². The molecule has 0 unspecified atom stereocenters. The van der Waals surface area contributed by atoms with Crippen LogP contribution in [0, 0.1) is 0 Å². The van der Waals surface area contributed by atoms with Gasteiger partial charge in [0, 0.05) is 27.9 Å². The molecule has 1 heterocycles. The molecule has 2 heteroatoms. The summed E-state index contributed by atoms with van der Waals surface area (Å²) in [5.41, 5.74) is 25.2. The van der Waals surface area contributed by atoms with Crippen LogP contribution in [0.1, 0.15) is 150 Å². The first-order valence-corrected chi connectivity index (χ1v) is 28.2.